The Morgan fingerprint density at radius 3 is 2.61 bits per heavy atom. The van der Waals surface area contributed by atoms with E-state index >= 15 is 0 Å². The number of likely N-dealkylation sites (N-methyl/N-ethyl adjacent to an activating group) is 1. The van der Waals surface area contributed by atoms with Crippen LogP contribution in [0.15, 0.2) is 42.5 Å². The van der Waals surface area contributed by atoms with Crippen LogP contribution in [0, 0.1) is 0 Å². The molecule has 1 unspecified atom stereocenters. The van der Waals surface area contributed by atoms with Gasteiger partial charge in [-0.2, -0.15) is 0 Å². The summed E-state index contributed by atoms with van der Waals surface area (Å²) in [6, 6.07) is 13.2. The quantitative estimate of drug-likeness (QED) is 0.778. The molecule has 0 spiro atoms. The van der Waals surface area contributed by atoms with Gasteiger partial charge in [-0.05, 0) is 24.7 Å². The van der Waals surface area contributed by atoms with Crippen molar-refractivity contribution < 1.29 is 4.79 Å². The molecule has 1 aliphatic heterocycles. The predicted octanol–water partition coefficient (Wildman–Crippen LogP) is 3.52. The highest BCUT2D eigenvalue weighted by Gasteiger charge is 2.32. The van der Waals surface area contributed by atoms with Crippen LogP contribution < -0.4 is 0 Å². The van der Waals surface area contributed by atoms with Crippen molar-refractivity contribution in [3.8, 4) is 0 Å². The molecule has 1 atom stereocenters. The number of carbonyl (C=O) groups is 1. The SMILES string of the molecule is CN1CCN(C(=O)c2nc(Cl)ccc2Cl)C(c2ccccc2)C1. The average Bonchev–Trinajstić information content (AvgIpc) is 2.57. The molecule has 3 rings (SSSR count). The van der Waals surface area contributed by atoms with Crippen molar-refractivity contribution in [2.75, 3.05) is 26.7 Å². The maximum atomic E-state index is 13.0. The largest absolute Gasteiger partial charge is 0.328 e. The zero-order valence-corrected chi connectivity index (χ0v) is 14.3. The van der Waals surface area contributed by atoms with Crippen LogP contribution in [0.3, 0.4) is 0 Å². The molecule has 23 heavy (non-hydrogen) atoms. The smallest absolute Gasteiger partial charge is 0.274 e. The zero-order chi connectivity index (χ0) is 16.4. The molecule has 1 aromatic heterocycles. The summed E-state index contributed by atoms with van der Waals surface area (Å²) >= 11 is 12.1. The Bertz CT molecular complexity index is 708. The second kappa shape index (κ2) is 6.87. The summed E-state index contributed by atoms with van der Waals surface area (Å²) in [4.78, 5) is 21.1. The Hall–Kier alpha value is -1.62. The minimum absolute atomic E-state index is 0.0284. The van der Waals surface area contributed by atoms with E-state index in [1.54, 1.807) is 12.1 Å². The number of benzene rings is 1. The third-order valence-corrected chi connectivity index (χ3v) is 4.56. The highest BCUT2D eigenvalue weighted by Crippen LogP contribution is 2.28. The minimum Gasteiger partial charge on any atom is -0.328 e. The van der Waals surface area contributed by atoms with Crippen LogP contribution in [-0.4, -0.2) is 47.4 Å². The van der Waals surface area contributed by atoms with Crippen LogP contribution in [0.2, 0.25) is 10.2 Å². The van der Waals surface area contributed by atoms with Crippen molar-refractivity contribution in [2.24, 2.45) is 0 Å². The number of carbonyl (C=O) groups excluding carboxylic acids is 1. The Balaban J connectivity index is 1.95. The summed E-state index contributed by atoms with van der Waals surface area (Å²) in [7, 11) is 2.06. The van der Waals surface area contributed by atoms with Crippen molar-refractivity contribution in [1.82, 2.24) is 14.8 Å². The van der Waals surface area contributed by atoms with E-state index in [0.29, 0.717) is 11.6 Å². The predicted molar refractivity (Wildman–Crippen MR) is 92.0 cm³/mol. The molecule has 0 aliphatic carbocycles. The Labute approximate surface area is 145 Å². The Morgan fingerprint density at radius 2 is 1.87 bits per heavy atom. The van der Waals surface area contributed by atoms with E-state index in [1.165, 1.54) is 0 Å². The van der Waals surface area contributed by atoms with Crippen LogP contribution in [0.1, 0.15) is 22.1 Å². The lowest BCUT2D eigenvalue weighted by atomic mass is 10.0. The number of nitrogens with zero attached hydrogens (tertiary/aromatic N) is 3. The molecule has 1 amide bonds. The number of rotatable bonds is 2. The van der Waals surface area contributed by atoms with Gasteiger partial charge in [0.05, 0.1) is 11.1 Å². The number of piperazine rings is 1. The van der Waals surface area contributed by atoms with Crippen LogP contribution in [0.5, 0.6) is 0 Å². The number of halogens is 2. The van der Waals surface area contributed by atoms with Crippen molar-refractivity contribution >= 4 is 29.1 Å². The summed E-state index contributed by atoms with van der Waals surface area (Å²) in [6.45, 7) is 2.21. The van der Waals surface area contributed by atoms with Gasteiger partial charge in [-0.3, -0.25) is 4.79 Å². The van der Waals surface area contributed by atoms with Gasteiger partial charge in [0.25, 0.3) is 5.91 Å². The number of hydrogen-bond acceptors (Lipinski definition) is 3. The molecule has 1 fully saturated rings. The van der Waals surface area contributed by atoms with E-state index in [2.05, 4.69) is 16.9 Å². The first-order valence-corrected chi connectivity index (χ1v) is 8.18. The molecule has 0 N–H and O–H groups in total. The molecule has 1 saturated heterocycles. The lowest BCUT2D eigenvalue weighted by Gasteiger charge is -2.40. The number of aromatic nitrogens is 1. The molecule has 0 saturated carbocycles. The van der Waals surface area contributed by atoms with Gasteiger partial charge in [0, 0.05) is 19.6 Å². The lowest BCUT2D eigenvalue weighted by Crippen LogP contribution is -2.49. The topological polar surface area (TPSA) is 36.4 Å². The average molecular weight is 350 g/mol. The molecule has 120 valence electrons. The van der Waals surface area contributed by atoms with Crippen molar-refractivity contribution in [1.29, 1.82) is 0 Å². The lowest BCUT2D eigenvalue weighted by molar-refractivity contribution is 0.0492. The van der Waals surface area contributed by atoms with Crippen LogP contribution in [0.25, 0.3) is 0 Å². The van der Waals surface area contributed by atoms with Crippen LogP contribution in [0.4, 0.5) is 0 Å². The maximum absolute atomic E-state index is 13.0. The van der Waals surface area contributed by atoms with Gasteiger partial charge >= 0.3 is 0 Å². The molecule has 4 nitrogen and oxygen atoms in total. The van der Waals surface area contributed by atoms with E-state index < -0.39 is 0 Å². The molecule has 2 heterocycles. The molecule has 0 radical (unpaired) electrons. The Kier molecular flexibility index (Phi) is 4.85. The zero-order valence-electron chi connectivity index (χ0n) is 12.7. The first kappa shape index (κ1) is 16.2. The summed E-state index contributed by atoms with van der Waals surface area (Å²) in [5, 5.41) is 0.591. The van der Waals surface area contributed by atoms with Gasteiger partial charge in [0.1, 0.15) is 10.8 Å². The normalized spacial score (nSPS) is 18.9. The molecule has 6 heteroatoms. The minimum atomic E-state index is -0.181. The van der Waals surface area contributed by atoms with Crippen LogP contribution in [-0.2, 0) is 0 Å². The van der Waals surface area contributed by atoms with Crippen molar-refractivity contribution in [3.05, 3.63) is 63.9 Å². The van der Waals surface area contributed by atoms with Crippen LogP contribution >= 0.6 is 23.2 Å². The molecule has 0 bridgehead atoms. The standard InChI is InChI=1S/C17H17Cl2N3O/c1-21-9-10-22(14(11-21)12-5-3-2-4-6-12)17(23)16-13(18)7-8-15(19)20-16/h2-8,14H,9-11H2,1H3. The highest BCUT2D eigenvalue weighted by atomic mass is 35.5. The van der Waals surface area contributed by atoms with Gasteiger partial charge in [0.15, 0.2) is 0 Å². The molecule has 2 aromatic rings. The summed E-state index contributed by atoms with van der Waals surface area (Å²) in [6.07, 6.45) is 0. The molecular weight excluding hydrogens is 333 g/mol. The molecular formula is C17H17Cl2N3O. The van der Waals surface area contributed by atoms with E-state index in [4.69, 9.17) is 23.2 Å². The van der Waals surface area contributed by atoms with Gasteiger partial charge < -0.3 is 9.80 Å². The van der Waals surface area contributed by atoms with Crippen molar-refractivity contribution in [3.63, 3.8) is 0 Å². The fraction of sp³-hybridized carbons (Fsp3) is 0.294. The van der Waals surface area contributed by atoms with E-state index in [1.807, 2.05) is 35.2 Å². The van der Waals surface area contributed by atoms with E-state index in [0.717, 1.165) is 18.7 Å². The molecule has 1 aliphatic rings. The molecule has 1 aromatic carbocycles. The monoisotopic (exact) mass is 349 g/mol. The highest BCUT2D eigenvalue weighted by molar-refractivity contribution is 6.34. The first-order chi connectivity index (χ1) is 11.1. The second-order valence-corrected chi connectivity index (χ2v) is 6.45. The summed E-state index contributed by atoms with van der Waals surface area (Å²) in [5.41, 5.74) is 1.32. The van der Waals surface area contributed by atoms with Gasteiger partial charge in [-0.1, -0.05) is 53.5 Å². The van der Waals surface area contributed by atoms with E-state index in [-0.39, 0.29) is 22.8 Å². The number of pyridine rings is 1. The van der Waals surface area contributed by atoms with Gasteiger partial charge in [0.2, 0.25) is 0 Å². The fourth-order valence-electron chi connectivity index (χ4n) is 2.83. The summed E-state index contributed by atoms with van der Waals surface area (Å²) in [5.74, 6) is -0.181. The Morgan fingerprint density at radius 1 is 1.13 bits per heavy atom. The van der Waals surface area contributed by atoms with Gasteiger partial charge in [-0.25, -0.2) is 4.98 Å². The summed E-state index contributed by atoms with van der Waals surface area (Å²) < 4.78 is 0. The van der Waals surface area contributed by atoms with Crippen molar-refractivity contribution in [2.45, 2.75) is 6.04 Å². The first-order valence-electron chi connectivity index (χ1n) is 7.43. The van der Waals surface area contributed by atoms with Gasteiger partial charge in [-0.15, -0.1) is 0 Å². The number of hydrogen-bond donors (Lipinski definition) is 0. The third kappa shape index (κ3) is 3.50. The second-order valence-electron chi connectivity index (χ2n) is 5.65. The fourth-order valence-corrected chi connectivity index (χ4v) is 3.16. The van der Waals surface area contributed by atoms with E-state index in [9.17, 15) is 4.79 Å². The maximum Gasteiger partial charge on any atom is 0.274 e. The third-order valence-electron chi connectivity index (χ3n) is 4.04. The number of amides is 1.